The summed E-state index contributed by atoms with van der Waals surface area (Å²) in [5.74, 6) is -0.127. The van der Waals surface area contributed by atoms with Crippen LogP contribution in [-0.4, -0.2) is 42.6 Å². The lowest BCUT2D eigenvalue weighted by atomic mass is 10.1. The lowest BCUT2D eigenvalue weighted by molar-refractivity contribution is -0.385. The SMILES string of the molecule is CCNCCNC(=O)c1cc(OC)c(OCc2cscn2)cc1[N+](=O)[O-]. The Morgan fingerprint density at radius 3 is 2.77 bits per heavy atom. The molecule has 0 aliphatic rings. The Labute approximate surface area is 154 Å². The highest BCUT2D eigenvalue weighted by atomic mass is 32.1. The van der Waals surface area contributed by atoms with Gasteiger partial charge in [0, 0.05) is 24.5 Å². The standard InChI is InChI=1S/C16H20N4O5S/c1-3-17-4-5-18-16(21)12-6-14(24-2)15(7-13(12)20(22)23)25-8-11-9-26-10-19-11/h6-7,9-10,17H,3-5,8H2,1-2H3,(H,18,21). The normalized spacial score (nSPS) is 10.4. The maximum atomic E-state index is 12.3. The highest BCUT2D eigenvalue weighted by Gasteiger charge is 2.24. The lowest BCUT2D eigenvalue weighted by Crippen LogP contribution is -2.32. The summed E-state index contributed by atoms with van der Waals surface area (Å²) in [6.45, 7) is 3.79. The Kier molecular flexibility index (Phi) is 7.30. The number of rotatable bonds is 10. The molecule has 1 amide bonds. The average Bonchev–Trinajstić information content (AvgIpc) is 3.16. The number of benzene rings is 1. The first-order chi connectivity index (χ1) is 12.6. The van der Waals surface area contributed by atoms with Gasteiger partial charge in [-0.15, -0.1) is 11.3 Å². The number of methoxy groups -OCH3 is 1. The maximum absolute atomic E-state index is 12.3. The smallest absolute Gasteiger partial charge is 0.286 e. The summed E-state index contributed by atoms with van der Waals surface area (Å²) in [5.41, 5.74) is 1.94. The van der Waals surface area contributed by atoms with E-state index in [4.69, 9.17) is 9.47 Å². The van der Waals surface area contributed by atoms with Crippen LogP contribution in [0.25, 0.3) is 0 Å². The van der Waals surface area contributed by atoms with E-state index in [1.807, 2.05) is 12.3 Å². The number of amides is 1. The number of nitro groups is 1. The third kappa shape index (κ3) is 5.14. The monoisotopic (exact) mass is 380 g/mol. The molecule has 1 heterocycles. The van der Waals surface area contributed by atoms with E-state index in [1.165, 1.54) is 30.6 Å². The van der Waals surface area contributed by atoms with Crippen molar-refractivity contribution in [3.05, 3.63) is 44.4 Å². The van der Waals surface area contributed by atoms with Gasteiger partial charge >= 0.3 is 0 Å². The van der Waals surface area contributed by atoms with Gasteiger partial charge in [-0.3, -0.25) is 14.9 Å². The molecule has 0 aliphatic heterocycles. The first-order valence-corrected chi connectivity index (χ1v) is 8.86. The van der Waals surface area contributed by atoms with Crippen LogP contribution in [0.15, 0.2) is 23.0 Å². The summed E-state index contributed by atoms with van der Waals surface area (Å²) in [6, 6.07) is 2.52. The second kappa shape index (κ2) is 9.68. The van der Waals surface area contributed by atoms with E-state index < -0.39 is 10.8 Å². The molecule has 0 saturated carbocycles. The van der Waals surface area contributed by atoms with Crippen molar-refractivity contribution < 1.29 is 19.2 Å². The zero-order chi connectivity index (χ0) is 18.9. The molecule has 1 aromatic heterocycles. The molecule has 0 fully saturated rings. The minimum atomic E-state index is -0.617. The zero-order valence-electron chi connectivity index (χ0n) is 14.5. The van der Waals surface area contributed by atoms with Crippen LogP contribution in [-0.2, 0) is 6.61 Å². The maximum Gasteiger partial charge on any atom is 0.286 e. The van der Waals surface area contributed by atoms with Gasteiger partial charge in [0.15, 0.2) is 11.5 Å². The predicted molar refractivity (Wildman–Crippen MR) is 97.0 cm³/mol. The van der Waals surface area contributed by atoms with E-state index in [0.29, 0.717) is 18.8 Å². The lowest BCUT2D eigenvalue weighted by Gasteiger charge is -2.12. The van der Waals surface area contributed by atoms with Crippen molar-refractivity contribution in [3.8, 4) is 11.5 Å². The summed E-state index contributed by atoms with van der Waals surface area (Å²) in [6.07, 6.45) is 0. The van der Waals surface area contributed by atoms with Crippen LogP contribution >= 0.6 is 11.3 Å². The molecular weight excluding hydrogens is 360 g/mol. The highest BCUT2D eigenvalue weighted by Crippen LogP contribution is 2.35. The van der Waals surface area contributed by atoms with Gasteiger partial charge in [-0.1, -0.05) is 6.92 Å². The number of carbonyl (C=O) groups excluding carboxylic acids is 1. The number of likely N-dealkylation sites (N-methyl/N-ethyl adjacent to an activating group) is 1. The van der Waals surface area contributed by atoms with Crippen LogP contribution in [0.5, 0.6) is 11.5 Å². The summed E-state index contributed by atoms with van der Waals surface area (Å²) in [5, 5.41) is 18.9. The number of hydrogen-bond donors (Lipinski definition) is 2. The molecule has 2 aromatic rings. The number of thiazole rings is 1. The molecule has 9 nitrogen and oxygen atoms in total. The quantitative estimate of drug-likeness (QED) is 0.368. The van der Waals surface area contributed by atoms with Crippen LogP contribution in [0.2, 0.25) is 0 Å². The van der Waals surface area contributed by atoms with Gasteiger partial charge < -0.3 is 20.1 Å². The fraction of sp³-hybridized carbons (Fsp3) is 0.375. The number of aromatic nitrogens is 1. The molecule has 0 radical (unpaired) electrons. The van der Waals surface area contributed by atoms with Crippen LogP contribution in [0, 0.1) is 10.1 Å². The third-order valence-corrected chi connectivity index (χ3v) is 4.05. The van der Waals surface area contributed by atoms with E-state index in [-0.39, 0.29) is 29.4 Å². The molecule has 0 bridgehead atoms. The van der Waals surface area contributed by atoms with Gasteiger partial charge in [0.05, 0.1) is 29.3 Å². The molecule has 0 aliphatic carbocycles. The van der Waals surface area contributed by atoms with Crippen molar-refractivity contribution in [2.45, 2.75) is 13.5 Å². The first kappa shape index (κ1) is 19.6. The van der Waals surface area contributed by atoms with Gasteiger partial charge in [0.2, 0.25) is 0 Å². The fourth-order valence-electron chi connectivity index (χ4n) is 2.15. The number of carbonyl (C=O) groups is 1. The molecule has 26 heavy (non-hydrogen) atoms. The van der Waals surface area contributed by atoms with Crippen molar-refractivity contribution in [2.24, 2.45) is 0 Å². The molecule has 10 heteroatoms. The topological polar surface area (TPSA) is 116 Å². The van der Waals surface area contributed by atoms with Crippen LogP contribution < -0.4 is 20.1 Å². The van der Waals surface area contributed by atoms with Gasteiger partial charge in [0.1, 0.15) is 12.2 Å². The fourth-order valence-corrected chi connectivity index (χ4v) is 2.69. The van der Waals surface area contributed by atoms with Gasteiger partial charge in [-0.05, 0) is 6.54 Å². The minimum Gasteiger partial charge on any atom is -0.493 e. The van der Waals surface area contributed by atoms with Gasteiger partial charge in [-0.25, -0.2) is 4.98 Å². The van der Waals surface area contributed by atoms with E-state index in [9.17, 15) is 14.9 Å². The number of ether oxygens (including phenoxy) is 2. The molecule has 0 spiro atoms. The van der Waals surface area contributed by atoms with Crippen molar-refractivity contribution in [1.29, 1.82) is 0 Å². The first-order valence-electron chi connectivity index (χ1n) is 7.92. The Hall–Kier alpha value is -2.72. The number of nitrogens with zero attached hydrogens (tertiary/aromatic N) is 2. The molecular formula is C16H20N4O5S. The zero-order valence-corrected chi connectivity index (χ0v) is 15.3. The highest BCUT2D eigenvalue weighted by molar-refractivity contribution is 7.07. The summed E-state index contributed by atoms with van der Waals surface area (Å²) < 4.78 is 10.8. The van der Waals surface area contributed by atoms with Crippen molar-refractivity contribution >= 4 is 22.9 Å². The van der Waals surface area contributed by atoms with Crippen LogP contribution in [0.3, 0.4) is 0 Å². The molecule has 2 rings (SSSR count). The van der Waals surface area contributed by atoms with Crippen molar-refractivity contribution in [1.82, 2.24) is 15.6 Å². The predicted octanol–water partition coefficient (Wildman–Crippen LogP) is 1.98. The average molecular weight is 380 g/mol. The van der Waals surface area contributed by atoms with Crippen molar-refractivity contribution in [3.63, 3.8) is 0 Å². The van der Waals surface area contributed by atoms with E-state index in [2.05, 4.69) is 15.6 Å². The molecule has 140 valence electrons. The molecule has 0 saturated heterocycles. The minimum absolute atomic E-state index is 0.0793. The van der Waals surface area contributed by atoms with Crippen LogP contribution in [0.1, 0.15) is 23.0 Å². The summed E-state index contributed by atoms with van der Waals surface area (Å²) in [4.78, 5) is 27.2. The second-order valence-electron chi connectivity index (χ2n) is 5.16. The van der Waals surface area contributed by atoms with E-state index >= 15 is 0 Å². The number of hydrogen-bond acceptors (Lipinski definition) is 8. The third-order valence-electron chi connectivity index (χ3n) is 3.42. The molecule has 2 N–H and O–H groups in total. The van der Waals surface area contributed by atoms with Gasteiger partial charge in [-0.2, -0.15) is 0 Å². The molecule has 0 unspecified atom stereocenters. The largest absolute Gasteiger partial charge is 0.493 e. The number of nitrogens with one attached hydrogen (secondary N) is 2. The Bertz CT molecular complexity index is 751. The summed E-state index contributed by atoms with van der Waals surface area (Å²) in [7, 11) is 1.41. The Balaban J connectivity index is 2.22. The van der Waals surface area contributed by atoms with E-state index in [1.54, 1.807) is 5.51 Å². The summed E-state index contributed by atoms with van der Waals surface area (Å²) >= 11 is 1.42. The molecule has 0 atom stereocenters. The van der Waals surface area contributed by atoms with E-state index in [0.717, 1.165) is 6.54 Å². The van der Waals surface area contributed by atoms with Gasteiger partial charge in [0.25, 0.3) is 11.6 Å². The Morgan fingerprint density at radius 1 is 1.35 bits per heavy atom. The number of nitro benzene ring substituents is 1. The van der Waals surface area contributed by atoms with Crippen LogP contribution in [0.4, 0.5) is 5.69 Å². The second-order valence-corrected chi connectivity index (χ2v) is 5.87. The van der Waals surface area contributed by atoms with Crippen molar-refractivity contribution in [2.75, 3.05) is 26.7 Å². The molecule has 1 aromatic carbocycles. The Morgan fingerprint density at radius 2 is 2.15 bits per heavy atom.